The molecule has 0 aliphatic carbocycles. The maximum atomic E-state index is 12.3. The summed E-state index contributed by atoms with van der Waals surface area (Å²) in [6.45, 7) is 4.65. The third-order valence-corrected chi connectivity index (χ3v) is 5.58. The summed E-state index contributed by atoms with van der Waals surface area (Å²) in [4.78, 5) is 12.3. The van der Waals surface area contributed by atoms with Gasteiger partial charge in [-0.05, 0) is 43.7 Å². The van der Waals surface area contributed by atoms with Gasteiger partial charge in [0.1, 0.15) is 0 Å². The number of nitrogens with one attached hydrogen (secondary N) is 1. The lowest BCUT2D eigenvalue weighted by Gasteiger charge is -2.07. The number of thioether (sulfide) groups is 1. The van der Waals surface area contributed by atoms with E-state index in [9.17, 15) is 4.79 Å². The van der Waals surface area contributed by atoms with E-state index in [2.05, 4.69) is 15.5 Å². The van der Waals surface area contributed by atoms with E-state index in [0.29, 0.717) is 34.6 Å². The highest BCUT2D eigenvalue weighted by Crippen LogP contribution is 2.33. The maximum Gasteiger partial charge on any atom is 0.234 e. The number of rotatable bonds is 7. The molecule has 2 aromatic carbocycles. The van der Waals surface area contributed by atoms with Gasteiger partial charge in [-0.2, -0.15) is 0 Å². The van der Waals surface area contributed by atoms with Gasteiger partial charge in [0.2, 0.25) is 11.7 Å². The molecule has 0 spiro atoms. The number of methoxy groups -OCH3 is 1. The Hall–Kier alpha value is -3.26. The fourth-order valence-electron chi connectivity index (χ4n) is 3.22. The zero-order valence-corrected chi connectivity index (χ0v) is 17.8. The highest BCUT2D eigenvalue weighted by atomic mass is 32.2. The highest BCUT2D eigenvalue weighted by Gasteiger charge is 2.19. The number of amides is 1. The van der Waals surface area contributed by atoms with Crippen molar-refractivity contribution in [2.45, 2.75) is 25.5 Å². The van der Waals surface area contributed by atoms with Crippen molar-refractivity contribution in [3.8, 4) is 17.3 Å². The first-order chi connectivity index (χ1) is 14.6. The number of aromatic nitrogens is 3. The molecule has 0 bridgehead atoms. The van der Waals surface area contributed by atoms with Crippen LogP contribution >= 0.6 is 11.8 Å². The lowest BCUT2D eigenvalue weighted by Crippen LogP contribution is -2.14. The average molecular weight is 423 g/mol. The van der Waals surface area contributed by atoms with Gasteiger partial charge in [0, 0.05) is 17.6 Å². The number of ether oxygens (including phenoxy) is 1. The van der Waals surface area contributed by atoms with Crippen LogP contribution in [0.2, 0.25) is 0 Å². The van der Waals surface area contributed by atoms with E-state index in [1.54, 1.807) is 7.11 Å². The number of anilines is 1. The van der Waals surface area contributed by atoms with E-state index >= 15 is 0 Å². The van der Waals surface area contributed by atoms with E-state index < -0.39 is 0 Å². The summed E-state index contributed by atoms with van der Waals surface area (Å²) in [6.07, 6.45) is 0. The van der Waals surface area contributed by atoms with Crippen LogP contribution in [0.4, 0.5) is 5.69 Å². The van der Waals surface area contributed by atoms with Crippen molar-refractivity contribution < 1.29 is 13.9 Å². The molecule has 0 atom stereocenters. The largest absolute Gasteiger partial charge is 0.493 e. The standard InChI is InChI=1S/C22H22N4O3S/c1-4-26-21(18-12-15-8-6-10-17(28-3)20(15)29-18)24-25-22(26)30-13-19(27)23-16-9-5-7-14(2)11-16/h5-12H,4,13H2,1-3H3,(H,23,27). The Morgan fingerprint density at radius 3 is 2.80 bits per heavy atom. The van der Waals surface area contributed by atoms with Gasteiger partial charge in [-0.1, -0.05) is 36.0 Å². The quantitative estimate of drug-likeness (QED) is 0.433. The first-order valence-electron chi connectivity index (χ1n) is 9.58. The van der Waals surface area contributed by atoms with Gasteiger partial charge in [-0.3, -0.25) is 9.36 Å². The minimum absolute atomic E-state index is 0.0914. The minimum Gasteiger partial charge on any atom is -0.493 e. The number of nitrogens with zero attached hydrogens (tertiary/aromatic N) is 3. The SMILES string of the molecule is CCn1c(SCC(=O)Nc2cccc(C)c2)nnc1-c1cc2cccc(OC)c2o1. The molecule has 154 valence electrons. The molecule has 0 saturated carbocycles. The van der Waals surface area contributed by atoms with Crippen molar-refractivity contribution >= 4 is 34.3 Å². The molecule has 0 unspecified atom stereocenters. The number of fused-ring (bicyclic) bond motifs is 1. The van der Waals surface area contributed by atoms with Crippen LogP contribution < -0.4 is 10.1 Å². The fourth-order valence-corrected chi connectivity index (χ4v) is 4.02. The molecule has 1 N–H and O–H groups in total. The van der Waals surface area contributed by atoms with Crippen molar-refractivity contribution in [2.24, 2.45) is 0 Å². The topological polar surface area (TPSA) is 82.2 Å². The molecule has 8 heteroatoms. The summed E-state index contributed by atoms with van der Waals surface area (Å²) in [7, 11) is 1.61. The Morgan fingerprint density at radius 2 is 2.03 bits per heavy atom. The molecule has 0 aliphatic heterocycles. The Labute approximate surface area is 178 Å². The molecule has 0 fully saturated rings. The van der Waals surface area contributed by atoms with Crippen LogP contribution in [-0.2, 0) is 11.3 Å². The molecule has 0 aliphatic rings. The number of hydrogen-bond donors (Lipinski definition) is 1. The van der Waals surface area contributed by atoms with Gasteiger partial charge >= 0.3 is 0 Å². The third-order valence-electron chi connectivity index (χ3n) is 4.62. The van der Waals surface area contributed by atoms with Crippen molar-refractivity contribution in [3.05, 3.63) is 54.1 Å². The van der Waals surface area contributed by atoms with Crippen molar-refractivity contribution in [2.75, 3.05) is 18.2 Å². The van der Waals surface area contributed by atoms with E-state index in [1.165, 1.54) is 11.8 Å². The number of para-hydroxylation sites is 1. The fraction of sp³-hybridized carbons (Fsp3) is 0.227. The molecule has 30 heavy (non-hydrogen) atoms. The Kier molecular flexibility index (Phi) is 5.76. The maximum absolute atomic E-state index is 12.3. The van der Waals surface area contributed by atoms with Crippen LogP contribution in [0.25, 0.3) is 22.6 Å². The van der Waals surface area contributed by atoms with E-state index in [4.69, 9.17) is 9.15 Å². The summed E-state index contributed by atoms with van der Waals surface area (Å²) in [6, 6.07) is 15.4. The zero-order valence-electron chi connectivity index (χ0n) is 17.0. The van der Waals surface area contributed by atoms with Gasteiger partial charge in [0.05, 0.1) is 12.9 Å². The second kappa shape index (κ2) is 8.62. The molecule has 4 aromatic rings. The van der Waals surface area contributed by atoms with Gasteiger partial charge in [0.25, 0.3) is 0 Å². The number of benzene rings is 2. The van der Waals surface area contributed by atoms with Crippen molar-refractivity contribution in [1.82, 2.24) is 14.8 Å². The lowest BCUT2D eigenvalue weighted by molar-refractivity contribution is -0.113. The van der Waals surface area contributed by atoms with Crippen LogP contribution in [-0.4, -0.2) is 33.5 Å². The van der Waals surface area contributed by atoms with E-state index in [1.807, 2.05) is 66.9 Å². The number of carbonyl (C=O) groups is 1. The first kappa shape index (κ1) is 20.0. The summed E-state index contributed by atoms with van der Waals surface area (Å²) in [5, 5.41) is 13.1. The second-order valence-corrected chi connectivity index (χ2v) is 7.69. The van der Waals surface area contributed by atoms with Crippen LogP contribution in [0.15, 0.2) is 58.1 Å². The van der Waals surface area contributed by atoms with Crippen LogP contribution in [0.1, 0.15) is 12.5 Å². The Balaban J connectivity index is 1.52. The van der Waals surface area contributed by atoms with Gasteiger partial charge in [-0.15, -0.1) is 10.2 Å². The summed E-state index contributed by atoms with van der Waals surface area (Å²) < 4.78 is 13.3. The van der Waals surface area contributed by atoms with Crippen molar-refractivity contribution in [3.63, 3.8) is 0 Å². The number of hydrogen-bond acceptors (Lipinski definition) is 6. The zero-order chi connectivity index (χ0) is 21.1. The first-order valence-corrected chi connectivity index (χ1v) is 10.6. The Bertz CT molecular complexity index is 1200. The number of carbonyl (C=O) groups excluding carboxylic acids is 1. The molecular formula is C22H22N4O3S. The van der Waals surface area contributed by atoms with Crippen LogP contribution in [0.5, 0.6) is 5.75 Å². The monoisotopic (exact) mass is 422 g/mol. The molecule has 2 heterocycles. The summed E-state index contributed by atoms with van der Waals surface area (Å²) >= 11 is 1.34. The molecule has 7 nitrogen and oxygen atoms in total. The second-order valence-electron chi connectivity index (χ2n) is 6.75. The van der Waals surface area contributed by atoms with Crippen molar-refractivity contribution in [1.29, 1.82) is 0 Å². The van der Waals surface area contributed by atoms with Gasteiger partial charge in [-0.25, -0.2) is 0 Å². The van der Waals surface area contributed by atoms with Crippen LogP contribution in [0, 0.1) is 6.92 Å². The van der Waals surface area contributed by atoms with Gasteiger partial charge in [0.15, 0.2) is 22.2 Å². The molecule has 4 rings (SSSR count). The smallest absolute Gasteiger partial charge is 0.234 e. The molecular weight excluding hydrogens is 400 g/mol. The number of aryl methyl sites for hydroxylation is 1. The van der Waals surface area contributed by atoms with Crippen LogP contribution in [0.3, 0.4) is 0 Å². The van der Waals surface area contributed by atoms with Gasteiger partial charge < -0.3 is 14.5 Å². The lowest BCUT2D eigenvalue weighted by atomic mass is 10.2. The summed E-state index contributed by atoms with van der Waals surface area (Å²) in [5.74, 6) is 2.05. The molecule has 0 radical (unpaired) electrons. The average Bonchev–Trinajstić information content (AvgIpc) is 3.35. The normalized spacial score (nSPS) is 11.0. The molecule has 2 aromatic heterocycles. The predicted molar refractivity (Wildman–Crippen MR) is 118 cm³/mol. The summed E-state index contributed by atoms with van der Waals surface area (Å²) in [5.41, 5.74) is 2.56. The Morgan fingerprint density at radius 1 is 1.20 bits per heavy atom. The third kappa shape index (κ3) is 4.04. The minimum atomic E-state index is -0.0914. The highest BCUT2D eigenvalue weighted by molar-refractivity contribution is 7.99. The number of furan rings is 1. The molecule has 0 saturated heterocycles. The van der Waals surface area contributed by atoms with E-state index in [-0.39, 0.29) is 11.7 Å². The molecule has 1 amide bonds. The van der Waals surface area contributed by atoms with E-state index in [0.717, 1.165) is 16.6 Å². The predicted octanol–water partition coefficient (Wildman–Crippen LogP) is 4.76.